The van der Waals surface area contributed by atoms with Gasteiger partial charge in [-0.1, -0.05) is 12.1 Å². The Hall–Kier alpha value is -4.09. The fourth-order valence-electron chi connectivity index (χ4n) is 3.32. The maximum Gasteiger partial charge on any atom is 0.406 e. The zero-order valence-corrected chi connectivity index (χ0v) is 17.0. The minimum absolute atomic E-state index is 0.187. The second kappa shape index (κ2) is 8.81. The van der Waals surface area contributed by atoms with Crippen molar-refractivity contribution in [2.45, 2.75) is 12.7 Å². The average molecular weight is 462 g/mol. The molecule has 0 N–H and O–H groups in total. The minimum atomic E-state index is -4.63. The van der Waals surface area contributed by atoms with Gasteiger partial charge in [0.1, 0.15) is 19.8 Å². The fourth-order valence-corrected chi connectivity index (χ4v) is 3.32. The van der Waals surface area contributed by atoms with Gasteiger partial charge in [-0.25, -0.2) is 4.68 Å². The van der Waals surface area contributed by atoms with E-state index in [1.807, 2.05) is 0 Å². The SMILES string of the molecule is O=C(c1ccn(-c2cccc([N+](=O)[O-])c2)n1)N(Cc1ccc2c(c1)OCCO2)CC(F)(F)F. The molecule has 1 aliphatic heterocycles. The van der Waals surface area contributed by atoms with Gasteiger partial charge < -0.3 is 14.4 Å². The molecule has 4 rings (SSSR count). The van der Waals surface area contributed by atoms with Crippen LogP contribution in [0, 0.1) is 10.1 Å². The van der Waals surface area contributed by atoms with E-state index in [4.69, 9.17) is 9.47 Å². The second-order valence-corrected chi connectivity index (χ2v) is 7.18. The van der Waals surface area contributed by atoms with Crippen LogP contribution < -0.4 is 9.47 Å². The number of non-ortho nitro benzene ring substituents is 1. The van der Waals surface area contributed by atoms with Crippen molar-refractivity contribution in [1.82, 2.24) is 14.7 Å². The lowest BCUT2D eigenvalue weighted by Gasteiger charge is -2.24. The number of carbonyl (C=O) groups is 1. The summed E-state index contributed by atoms with van der Waals surface area (Å²) in [4.78, 5) is 23.9. The standard InChI is InChI=1S/C21H17F3N4O5/c22-21(23,24)13-26(12-14-4-5-18-19(10-14)33-9-8-32-18)20(29)17-6-7-27(25-17)15-2-1-3-16(11-15)28(30)31/h1-7,10-11H,8-9,12-13H2. The molecule has 9 nitrogen and oxygen atoms in total. The number of hydrogen-bond acceptors (Lipinski definition) is 6. The molecule has 1 amide bonds. The molecule has 2 aromatic carbocycles. The zero-order valence-electron chi connectivity index (χ0n) is 17.0. The highest BCUT2D eigenvalue weighted by atomic mass is 19.4. The van der Waals surface area contributed by atoms with Crippen molar-refractivity contribution >= 4 is 11.6 Å². The van der Waals surface area contributed by atoms with Crippen molar-refractivity contribution < 1.29 is 32.4 Å². The van der Waals surface area contributed by atoms with Crippen LogP contribution in [-0.4, -0.2) is 51.4 Å². The van der Waals surface area contributed by atoms with Gasteiger partial charge in [-0.15, -0.1) is 0 Å². The van der Waals surface area contributed by atoms with Gasteiger partial charge in [-0.2, -0.15) is 18.3 Å². The van der Waals surface area contributed by atoms with Crippen LogP contribution in [0.5, 0.6) is 11.5 Å². The summed E-state index contributed by atoms with van der Waals surface area (Å²) in [5.41, 5.74) is 0.295. The number of nitro groups is 1. The van der Waals surface area contributed by atoms with Crippen LogP contribution in [-0.2, 0) is 6.54 Å². The predicted molar refractivity (Wildman–Crippen MR) is 108 cm³/mol. The highest BCUT2D eigenvalue weighted by molar-refractivity contribution is 5.92. The normalized spacial score (nSPS) is 12.9. The number of amides is 1. The lowest BCUT2D eigenvalue weighted by Crippen LogP contribution is -2.38. The Kier molecular flexibility index (Phi) is 5.90. The van der Waals surface area contributed by atoms with Gasteiger partial charge in [-0.05, 0) is 29.8 Å². The van der Waals surface area contributed by atoms with Crippen LogP contribution in [0.25, 0.3) is 5.69 Å². The number of rotatable bonds is 6. The first-order valence-electron chi connectivity index (χ1n) is 9.75. The van der Waals surface area contributed by atoms with Crippen molar-refractivity contribution in [3.63, 3.8) is 0 Å². The lowest BCUT2D eigenvalue weighted by atomic mass is 10.1. The van der Waals surface area contributed by atoms with E-state index in [2.05, 4.69) is 5.10 Å². The van der Waals surface area contributed by atoms with Gasteiger partial charge in [0.25, 0.3) is 11.6 Å². The van der Waals surface area contributed by atoms with Crippen molar-refractivity contribution in [2.75, 3.05) is 19.8 Å². The van der Waals surface area contributed by atoms with E-state index in [1.54, 1.807) is 12.1 Å². The second-order valence-electron chi connectivity index (χ2n) is 7.18. The Morgan fingerprint density at radius 2 is 1.88 bits per heavy atom. The zero-order chi connectivity index (χ0) is 23.6. The van der Waals surface area contributed by atoms with Gasteiger partial charge in [0.05, 0.1) is 10.6 Å². The highest BCUT2D eigenvalue weighted by Crippen LogP contribution is 2.31. The molecule has 0 saturated carbocycles. The first kappa shape index (κ1) is 22.1. The Bertz CT molecular complexity index is 1190. The molecule has 172 valence electrons. The number of carbonyl (C=O) groups excluding carboxylic acids is 1. The van der Waals surface area contributed by atoms with Gasteiger partial charge in [0, 0.05) is 24.9 Å². The minimum Gasteiger partial charge on any atom is -0.486 e. The third kappa shape index (κ3) is 5.22. The molecule has 1 aliphatic rings. The van der Waals surface area contributed by atoms with Gasteiger partial charge in [0.15, 0.2) is 17.2 Å². The number of nitrogens with zero attached hydrogens (tertiary/aromatic N) is 4. The van der Waals surface area contributed by atoms with E-state index in [-0.39, 0.29) is 23.6 Å². The van der Waals surface area contributed by atoms with E-state index in [0.717, 1.165) is 0 Å². The summed E-state index contributed by atoms with van der Waals surface area (Å²) in [5.74, 6) is -0.0612. The molecule has 12 heteroatoms. The maximum absolute atomic E-state index is 13.2. The fraction of sp³-hybridized carbons (Fsp3) is 0.238. The van der Waals surface area contributed by atoms with Gasteiger partial charge in [-0.3, -0.25) is 14.9 Å². The number of halogens is 3. The first-order chi connectivity index (χ1) is 15.7. The van der Waals surface area contributed by atoms with E-state index < -0.39 is 23.6 Å². The number of benzene rings is 2. The summed E-state index contributed by atoms with van der Waals surface area (Å²) in [6.45, 7) is -1.13. The Morgan fingerprint density at radius 3 is 2.61 bits per heavy atom. The van der Waals surface area contributed by atoms with Gasteiger partial charge >= 0.3 is 6.18 Å². The van der Waals surface area contributed by atoms with E-state index in [9.17, 15) is 28.1 Å². The number of alkyl halides is 3. The number of ether oxygens (including phenoxy) is 2. The Labute approximate surface area is 185 Å². The molecule has 1 aromatic heterocycles. The van der Waals surface area contributed by atoms with Crippen LogP contribution in [0.1, 0.15) is 16.1 Å². The number of fused-ring (bicyclic) bond motifs is 1. The van der Waals surface area contributed by atoms with E-state index in [0.29, 0.717) is 35.2 Å². The summed E-state index contributed by atoms with van der Waals surface area (Å²) >= 11 is 0. The summed E-state index contributed by atoms with van der Waals surface area (Å²) < 4.78 is 51.7. The van der Waals surface area contributed by atoms with E-state index >= 15 is 0 Å². The van der Waals surface area contributed by atoms with Crippen molar-refractivity contribution in [3.05, 3.63) is 76.1 Å². The molecule has 0 unspecified atom stereocenters. The lowest BCUT2D eigenvalue weighted by molar-refractivity contribution is -0.384. The molecule has 3 aromatic rings. The number of nitro benzene ring substituents is 1. The van der Waals surface area contributed by atoms with Crippen molar-refractivity contribution in [1.29, 1.82) is 0 Å². The Balaban J connectivity index is 1.58. The smallest absolute Gasteiger partial charge is 0.406 e. The number of hydrogen-bond donors (Lipinski definition) is 0. The quantitative estimate of drug-likeness (QED) is 0.409. The molecule has 0 aliphatic carbocycles. The molecule has 0 fully saturated rings. The van der Waals surface area contributed by atoms with Crippen LogP contribution in [0.3, 0.4) is 0 Å². The largest absolute Gasteiger partial charge is 0.486 e. The maximum atomic E-state index is 13.2. The van der Waals surface area contributed by atoms with Crippen LogP contribution in [0.15, 0.2) is 54.7 Å². The molecule has 0 radical (unpaired) electrons. The van der Waals surface area contributed by atoms with E-state index in [1.165, 1.54) is 47.3 Å². The molecule has 2 heterocycles. The molecule has 0 spiro atoms. The molecule has 33 heavy (non-hydrogen) atoms. The molecular weight excluding hydrogens is 445 g/mol. The predicted octanol–water partition coefficient (Wildman–Crippen LogP) is 3.76. The monoisotopic (exact) mass is 462 g/mol. The summed E-state index contributed by atoms with van der Waals surface area (Å²) in [7, 11) is 0. The summed E-state index contributed by atoms with van der Waals surface area (Å²) in [5, 5.41) is 15.0. The van der Waals surface area contributed by atoms with Crippen molar-refractivity contribution in [3.8, 4) is 17.2 Å². The first-order valence-corrected chi connectivity index (χ1v) is 9.75. The summed E-state index contributed by atoms with van der Waals surface area (Å²) in [6, 6.07) is 11.4. The summed E-state index contributed by atoms with van der Waals surface area (Å²) in [6.07, 6.45) is -3.28. The Morgan fingerprint density at radius 1 is 1.12 bits per heavy atom. The highest BCUT2D eigenvalue weighted by Gasteiger charge is 2.34. The average Bonchev–Trinajstić information content (AvgIpc) is 3.27. The van der Waals surface area contributed by atoms with Crippen LogP contribution in [0.4, 0.5) is 18.9 Å². The van der Waals surface area contributed by atoms with Gasteiger partial charge in [0.2, 0.25) is 0 Å². The third-order valence-corrected chi connectivity index (χ3v) is 4.75. The van der Waals surface area contributed by atoms with Crippen LogP contribution >= 0.6 is 0 Å². The van der Waals surface area contributed by atoms with Crippen LogP contribution in [0.2, 0.25) is 0 Å². The number of aromatic nitrogens is 2. The topological polar surface area (TPSA) is 99.7 Å². The molecule has 0 bridgehead atoms. The third-order valence-electron chi connectivity index (χ3n) is 4.75. The molecule has 0 saturated heterocycles. The van der Waals surface area contributed by atoms with Crippen molar-refractivity contribution in [2.24, 2.45) is 0 Å². The molecular formula is C21H17F3N4O5. The molecule has 0 atom stereocenters.